The van der Waals surface area contributed by atoms with E-state index < -0.39 is 0 Å². The highest BCUT2D eigenvalue weighted by atomic mass is 127. The van der Waals surface area contributed by atoms with Crippen LogP contribution in [0, 0.1) is 0 Å². The summed E-state index contributed by atoms with van der Waals surface area (Å²) in [5, 5.41) is 3.29. The van der Waals surface area contributed by atoms with Gasteiger partial charge in [0, 0.05) is 6.54 Å². The Morgan fingerprint density at radius 2 is 2.20 bits per heavy atom. The standard InChI is InChI=1S/C11H20INOS/c12-7-3-1-4-8-13-11(14)10-6-2-5-9-15-10/h10H,1-9H2,(H,13,14). The van der Waals surface area contributed by atoms with Crippen molar-refractivity contribution in [2.45, 2.75) is 43.8 Å². The van der Waals surface area contributed by atoms with Crippen LogP contribution in [0.15, 0.2) is 0 Å². The Morgan fingerprint density at radius 3 is 2.87 bits per heavy atom. The molecule has 1 aliphatic rings. The monoisotopic (exact) mass is 341 g/mol. The molecule has 1 rings (SSSR count). The third kappa shape index (κ3) is 6.00. The van der Waals surface area contributed by atoms with E-state index in [9.17, 15) is 4.79 Å². The molecule has 0 aromatic carbocycles. The zero-order chi connectivity index (χ0) is 10.9. The Bertz CT molecular complexity index is 183. The highest BCUT2D eigenvalue weighted by Crippen LogP contribution is 2.24. The third-order valence-electron chi connectivity index (χ3n) is 2.58. The molecular weight excluding hydrogens is 321 g/mol. The molecule has 0 aromatic rings. The lowest BCUT2D eigenvalue weighted by Crippen LogP contribution is -2.34. The first kappa shape index (κ1) is 13.6. The topological polar surface area (TPSA) is 29.1 Å². The van der Waals surface area contributed by atoms with Crippen molar-refractivity contribution in [1.29, 1.82) is 0 Å². The van der Waals surface area contributed by atoms with Gasteiger partial charge in [0.1, 0.15) is 0 Å². The van der Waals surface area contributed by atoms with Gasteiger partial charge in [-0.2, -0.15) is 0 Å². The third-order valence-corrected chi connectivity index (χ3v) is 4.72. The Labute approximate surface area is 110 Å². The van der Waals surface area contributed by atoms with E-state index in [0.29, 0.717) is 0 Å². The molecule has 4 heteroatoms. The number of thioether (sulfide) groups is 1. The first-order chi connectivity index (χ1) is 7.34. The lowest BCUT2D eigenvalue weighted by molar-refractivity contribution is -0.120. The predicted octanol–water partition coefficient (Wildman–Crippen LogP) is 2.99. The van der Waals surface area contributed by atoms with Crippen molar-refractivity contribution < 1.29 is 4.79 Å². The molecule has 0 bridgehead atoms. The fraction of sp³-hybridized carbons (Fsp3) is 0.909. The molecule has 0 aliphatic carbocycles. The SMILES string of the molecule is O=C(NCCCCCI)C1CCCCS1. The largest absolute Gasteiger partial charge is 0.355 e. The first-order valence-corrected chi connectivity index (χ1v) is 8.37. The predicted molar refractivity (Wildman–Crippen MR) is 75.8 cm³/mol. The number of rotatable bonds is 6. The number of hydrogen-bond acceptors (Lipinski definition) is 2. The van der Waals surface area contributed by atoms with Crippen molar-refractivity contribution in [2.24, 2.45) is 0 Å². The summed E-state index contributed by atoms with van der Waals surface area (Å²) < 4.78 is 1.23. The Hall–Kier alpha value is 0.550. The maximum absolute atomic E-state index is 11.7. The second-order valence-electron chi connectivity index (χ2n) is 3.90. The van der Waals surface area contributed by atoms with E-state index >= 15 is 0 Å². The van der Waals surface area contributed by atoms with Crippen LogP contribution >= 0.6 is 34.4 Å². The highest BCUT2D eigenvalue weighted by Gasteiger charge is 2.20. The zero-order valence-corrected chi connectivity index (χ0v) is 12.1. The van der Waals surface area contributed by atoms with E-state index in [4.69, 9.17) is 0 Å². The van der Waals surface area contributed by atoms with Gasteiger partial charge in [0.2, 0.25) is 5.91 Å². The smallest absolute Gasteiger partial charge is 0.233 e. The molecule has 1 aliphatic heterocycles. The van der Waals surface area contributed by atoms with E-state index in [2.05, 4.69) is 27.9 Å². The number of carbonyl (C=O) groups excluding carboxylic acids is 1. The van der Waals surface area contributed by atoms with Crippen molar-refractivity contribution >= 4 is 40.3 Å². The summed E-state index contributed by atoms with van der Waals surface area (Å²) in [7, 11) is 0. The highest BCUT2D eigenvalue weighted by molar-refractivity contribution is 14.1. The average molecular weight is 341 g/mol. The molecule has 1 amide bonds. The Balaban J connectivity index is 2.02. The molecule has 0 radical (unpaired) electrons. The minimum Gasteiger partial charge on any atom is -0.355 e. The van der Waals surface area contributed by atoms with Crippen LogP contribution in [0.3, 0.4) is 0 Å². The van der Waals surface area contributed by atoms with E-state index in [1.807, 2.05) is 11.8 Å². The summed E-state index contributed by atoms with van der Waals surface area (Å²) in [6, 6.07) is 0. The number of nitrogens with one attached hydrogen (secondary N) is 1. The molecule has 2 nitrogen and oxygen atoms in total. The van der Waals surface area contributed by atoms with Gasteiger partial charge in [-0.3, -0.25) is 4.79 Å². The van der Waals surface area contributed by atoms with Crippen LogP contribution in [0.5, 0.6) is 0 Å². The first-order valence-electron chi connectivity index (χ1n) is 5.80. The van der Waals surface area contributed by atoms with Gasteiger partial charge in [-0.05, 0) is 35.9 Å². The zero-order valence-electron chi connectivity index (χ0n) is 9.14. The minimum atomic E-state index is 0.239. The van der Waals surface area contributed by atoms with Crippen LogP contribution < -0.4 is 5.32 Å². The Kier molecular flexibility index (Phi) is 7.87. The molecule has 1 atom stereocenters. The van der Waals surface area contributed by atoms with E-state index in [-0.39, 0.29) is 11.2 Å². The summed E-state index contributed by atoms with van der Waals surface area (Å²) in [4.78, 5) is 11.7. The fourth-order valence-electron chi connectivity index (χ4n) is 1.67. The van der Waals surface area contributed by atoms with Crippen LogP contribution in [0.2, 0.25) is 0 Å². The molecule has 15 heavy (non-hydrogen) atoms. The number of carbonyl (C=O) groups is 1. The van der Waals surface area contributed by atoms with Crippen LogP contribution in [-0.2, 0) is 4.79 Å². The Morgan fingerprint density at radius 1 is 1.33 bits per heavy atom. The van der Waals surface area contributed by atoms with Crippen molar-refractivity contribution in [2.75, 3.05) is 16.7 Å². The lowest BCUT2D eigenvalue weighted by atomic mass is 10.2. The molecule has 0 saturated carbocycles. The minimum absolute atomic E-state index is 0.239. The summed E-state index contributed by atoms with van der Waals surface area (Å²) in [6.45, 7) is 0.868. The number of halogens is 1. The molecule has 88 valence electrons. The summed E-state index contributed by atoms with van der Waals surface area (Å²) in [6.07, 6.45) is 7.22. The molecule has 1 unspecified atom stereocenters. The summed E-state index contributed by atoms with van der Waals surface area (Å²) in [5.41, 5.74) is 0. The quantitative estimate of drug-likeness (QED) is 0.457. The fourth-order valence-corrected chi connectivity index (χ4v) is 3.43. The van der Waals surface area contributed by atoms with Gasteiger partial charge in [-0.25, -0.2) is 0 Å². The molecule has 1 saturated heterocycles. The van der Waals surface area contributed by atoms with Crippen molar-refractivity contribution in [3.05, 3.63) is 0 Å². The van der Waals surface area contributed by atoms with Gasteiger partial charge >= 0.3 is 0 Å². The van der Waals surface area contributed by atoms with Gasteiger partial charge in [0.15, 0.2) is 0 Å². The number of unbranched alkanes of at least 4 members (excludes halogenated alkanes) is 2. The average Bonchev–Trinajstić information content (AvgIpc) is 2.30. The molecule has 1 heterocycles. The van der Waals surface area contributed by atoms with Gasteiger partial charge in [-0.1, -0.05) is 35.4 Å². The molecule has 1 N–H and O–H groups in total. The lowest BCUT2D eigenvalue weighted by Gasteiger charge is -2.20. The molecule has 0 spiro atoms. The second kappa shape index (κ2) is 8.67. The van der Waals surface area contributed by atoms with Gasteiger partial charge in [-0.15, -0.1) is 11.8 Å². The van der Waals surface area contributed by atoms with Crippen LogP contribution in [0.4, 0.5) is 0 Å². The van der Waals surface area contributed by atoms with Gasteiger partial charge in [0.05, 0.1) is 5.25 Å². The van der Waals surface area contributed by atoms with E-state index in [1.54, 1.807) is 0 Å². The van der Waals surface area contributed by atoms with Crippen molar-refractivity contribution in [3.63, 3.8) is 0 Å². The van der Waals surface area contributed by atoms with E-state index in [1.165, 1.54) is 30.1 Å². The maximum atomic E-state index is 11.7. The van der Waals surface area contributed by atoms with Crippen LogP contribution in [0.25, 0.3) is 0 Å². The second-order valence-corrected chi connectivity index (χ2v) is 6.29. The number of alkyl halides is 1. The van der Waals surface area contributed by atoms with Crippen LogP contribution in [-0.4, -0.2) is 27.9 Å². The number of amides is 1. The molecular formula is C11H20INOS. The van der Waals surface area contributed by atoms with Crippen LogP contribution in [0.1, 0.15) is 38.5 Å². The maximum Gasteiger partial charge on any atom is 0.233 e. The number of hydrogen-bond donors (Lipinski definition) is 1. The van der Waals surface area contributed by atoms with Gasteiger partial charge in [0.25, 0.3) is 0 Å². The van der Waals surface area contributed by atoms with Gasteiger partial charge < -0.3 is 5.32 Å². The van der Waals surface area contributed by atoms with Crippen molar-refractivity contribution in [1.82, 2.24) is 5.32 Å². The summed E-state index contributed by atoms with van der Waals surface area (Å²) >= 11 is 4.22. The normalized spacial score (nSPS) is 21.3. The van der Waals surface area contributed by atoms with E-state index in [0.717, 1.165) is 25.1 Å². The summed E-state index contributed by atoms with van der Waals surface area (Å²) in [5.74, 6) is 1.43. The molecule has 0 aromatic heterocycles. The van der Waals surface area contributed by atoms with Crippen molar-refractivity contribution in [3.8, 4) is 0 Å². The molecule has 1 fully saturated rings.